The number of hydrogen-bond donors (Lipinski definition) is 1. The smallest absolute Gasteiger partial charge is 0.0991 e. The van der Waals surface area contributed by atoms with Gasteiger partial charge in [0.15, 0.2) is 0 Å². The number of anilines is 1. The molecule has 1 N–H and O–H groups in total. The zero-order chi connectivity index (χ0) is 19.5. The van der Waals surface area contributed by atoms with Crippen LogP contribution in [0.1, 0.15) is 30.1 Å². The van der Waals surface area contributed by atoms with Crippen LogP contribution in [0.5, 0.6) is 0 Å². The quantitative estimate of drug-likeness (QED) is 0.723. The van der Waals surface area contributed by atoms with Crippen molar-refractivity contribution >= 4 is 5.69 Å². The number of piperidine rings is 1. The van der Waals surface area contributed by atoms with Gasteiger partial charge in [-0.1, -0.05) is 24.3 Å². The van der Waals surface area contributed by atoms with Crippen LogP contribution in [0.3, 0.4) is 0 Å². The van der Waals surface area contributed by atoms with Crippen molar-refractivity contribution in [2.75, 3.05) is 31.1 Å². The van der Waals surface area contributed by atoms with Gasteiger partial charge in [-0.3, -0.25) is 0 Å². The third-order valence-electron chi connectivity index (χ3n) is 6.20. The van der Waals surface area contributed by atoms with Crippen LogP contribution >= 0.6 is 0 Å². The molecule has 1 aromatic heterocycles. The second-order valence-corrected chi connectivity index (χ2v) is 7.96. The topological polar surface area (TPSA) is 42.3 Å². The summed E-state index contributed by atoms with van der Waals surface area (Å²) in [5.74, 6) is 0. The van der Waals surface area contributed by atoms with Crippen molar-refractivity contribution in [3.8, 4) is 5.69 Å². The summed E-state index contributed by atoms with van der Waals surface area (Å²) in [4.78, 5) is 6.61. The lowest BCUT2D eigenvalue weighted by Gasteiger charge is -2.35. The number of benzene rings is 2. The first kappa shape index (κ1) is 18.4. The highest BCUT2D eigenvalue weighted by Crippen LogP contribution is 2.27. The molecule has 0 radical (unpaired) electrons. The average Bonchev–Trinajstić information content (AvgIpc) is 3.33. The molecule has 29 heavy (non-hydrogen) atoms. The fourth-order valence-corrected chi connectivity index (χ4v) is 4.51. The Bertz CT molecular complexity index is 914. The van der Waals surface area contributed by atoms with Crippen LogP contribution in [-0.4, -0.2) is 41.8 Å². The SMILES string of the molecule is c1ccc2c(c1)CCOC2CNC1CCN(c2ccc(-n3ccnc3)cc2)CC1. The molecule has 0 aliphatic carbocycles. The molecule has 5 nitrogen and oxygen atoms in total. The molecule has 3 aromatic rings. The fraction of sp³-hybridized carbons (Fsp3) is 0.375. The standard InChI is InChI=1S/C24H28N4O/c1-2-4-23-19(3-1)11-16-29-24(23)17-26-20-9-13-27(14-10-20)21-5-7-22(8-6-21)28-15-12-25-18-28/h1-8,12,15,18,20,24,26H,9-11,13-14,16-17H2. The van der Waals surface area contributed by atoms with Gasteiger partial charge in [0.2, 0.25) is 0 Å². The van der Waals surface area contributed by atoms with E-state index in [1.165, 1.54) is 16.8 Å². The lowest BCUT2D eigenvalue weighted by atomic mass is 9.97. The van der Waals surface area contributed by atoms with E-state index < -0.39 is 0 Å². The number of aromatic nitrogens is 2. The van der Waals surface area contributed by atoms with Crippen molar-refractivity contribution < 1.29 is 4.74 Å². The van der Waals surface area contributed by atoms with Crippen molar-refractivity contribution in [2.45, 2.75) is 31.4 Å². The number of nitrogens with zero attached hydrogens (tertiary/aromatic N) is 3. The molecule has 1 fully saturated rings. The molecule has 2 aromatic carbocycles. The minimum atomic E-state index is 0.189. The molecule has 0 saturated carbocycles. The van der Waals surface area contributed by atoms with Gasteiger partial charge < -0.3 is 19.5 Å². The van der Waals surface area contributed by atoms with Gasteiger partial charge in [-0.2, -0.15) is 0 Å². The second-order valence-electron chi connectivity index (χ2n) is 7.96. The van der Waals surface area contributed by atoms with Crippen molar-refractivity contribution in [3.63, 3.8) is 0 Å². The van der Waals surface area contributed by atoms with Crippen molar-refractivity contribution in [3.05, 3.63) is 78.4 Å². The maximum absolute atomic E-state index is 6.05. The lowest BCUT2D eigenvalue weighted by Crippen LogP contribution is -2.44. The van der Waals surface area contributed by atoms with Crippen LogP contribution in [-0.2, 0) is 11.2 Å². The number of imidazole rings is 1. The Labute approximate surface area is 172 Å². The first-order chi connectivity index (χ1) is 14.4. The van der Waals surface area contributed by atoms with Crippen LogP contribution in [0, 0.1) is 0 Å². The highest BCUT2D eigenvalue weighted by Gasteiger charge is 2.23. The molecule has 1 saturated heterocycles. The van der Waals surface area contributed by atoms with Gasteiger partial charge >= 0.3 is 0 Å². The van der Waals surface area contributed by atoms with Crippen molar-refractivity contribution in [1.82, 2.24) is 14.9 Å². The molecule has 0 spiro atoms. The molecule has 1 atom stereocenters. The third kappa shape index (κ3) is 4.07. The molecular formula is C24H28N4O. The molecule has 5 rings (SSSR count). The third-order valence-corrected chi connectivity index (χ3v) is 6.20. The van der Waals surface area contributed by atoms with E-state index in [-0.39, 0.29) is 6.10 Å². The highest BCUT2D eigenvalue weighted by molar-refractivity contribution is 5.51. The lowest BCUT2D eigenvalue weighted by molar-refractivity contribution is 0.0401. The van der Waals surface area contributed by atoms with Crippen LogP contribution < -0.4 is 10.2 Å². The molecule has 150 valence electrons. The maximum atomic E-state index is 6.05. The van der Waals surface area contributed by atoms with Gasteiger partial charge in [0.25, 0.3) is 0 Å². The van der Waals surface area contributed by atoms with Gasteiger partial charge in [-0.25, -0.2) is 4.98 Å². The first-order valence-electron chi connectivity index (χ1n) is 10.6. The maximum Gasteiger partial charge on any atom is 0.0991 e. The summed E-state index contributed by atoms with van der Waals surface area (Å²) in [6.45, 7) is 3.91. The van der Waals surface area contributed by atoms with E-state index in [4.69, 9.17) is 4.74 Å². The summed E-state index contributed by atoms with van der Waals surface area (Å²) >= 11 is 0. The van der Waals surface area contributed by atoms with E-state index in [0.717, 1.165) is 51.2 Å². The second kappa shape index (κ2) is 8.39. The molecule has 5 heteroatoms. The van der Waals surface area contributed by atoms with E-state index >= 15 is 0 Å². The van der Waals surface area contributed by atoms with Crippen LogP contribution in [0.25, 0.3) is 5.69 Å². The predicted octanol–water partition coefficient (Wildman–Crippen LogP) is 3.74. The number of fused-ring (bicyclic) bond motifs is 1. The number of ether oxygens (including phenoxy) is 1. The van der Waals surface area contributed by atoms with E-state index in [2.05, 4.69) is 63.7 Å². The minimum Gasteiger partial charge on any atom is -0.372 e. The van der Waals surface area contributed by atoms with E-state index in [1.807, 2.05) is 23.3 Å². The Morgan fingerprint density at radius 1 is 1.00 bits per heavy atom. The zero-order valence-corrected chi connectivity index (χ0v) is 16.7. The largest absolute Gasteiger partial charge is 0.372 e. The van der Waals surface area contributed by atoms with Crippen LogP contribution in [0.15, 0.2) is 67.3 Å². The Kier molecular flexibility index (Phi) is 5.33. The van der Waals surface area contributed by atoms with E-state index in [1.54, 1.807) is 0 Å². The van der Waals surface area contributed by atoms with E-state index in [0.29, 0.717) is 6.04 Å². The fourth-order valence-electron chi connectivity index (χ4n) is 4.51. The highest BCUT2D eigenvalue weighted by atomic mass is 16.5. The summed E-state index contributed by atoms with van der Waals surface area (Å²) in [5.41, 5.74) is 5.26. The van der Waals surface area contributed by atoms with Gasteiger partial charge in [-0.15, -0.1) is 0 Å². The Morgan fingerprint density at radius 2 is 1.79 bits per heavy atom. The van der Waals surface area contributed by atoms with Crippen LogP contribution in [0.2, 0.25) is 0 Å². The van der Waals surface area contributed by atoms with Gasteiger partial charge in [0.1, 0.15) is 0 Å². The summed E-state index contributed by atoms with van der Waals surface area (Å²) in [7, 11) is 0. The number of hydrogen-bond acceptors (Lipinski definition) is 4. The molecular weight excluding hydrogens is 360 g/mol. The Hall–Kier alpha value is -2.63. The zero-order valence-electron chi connectivity index (χ0n) is 16.7. The molecule has 0 amide bonds. The van der Waals surface area contributed by atoms with Gasteiger partial charge in [0, 0.05) is 49.4 Å². The molecule has 0 bridgehead atoms. The summed E-state index contributed by atoms with van der Waals surface area (Å²) in [6, 6.07) is 18.0. The summed E-state index contributed by atoms with van der Waals surface area (Å²) < 4.78 is 8.08. The molecule has 2 aliphatic heterocycles. The Morgan fingerprint density at radius 3 is 2.59 bits per heavy atom. The molecule has 3 heterocycles. The van der Waals surface area contributed by atoms with Crippen LogP contribution in [0.4, 0.5) is 5.69 Å². The van der Waals surface area contributed by atoms with Crippen molar-refractivity contribution in [1.29, 1.82) is 0 Å². The number of rotatable bonds is 5. The molecule has 2 aliphatic rings. The monoisotopic (exact) mass is 388 g/mol. The average molecular weight is 389 g/mol. The van der Waals surface area contributed by atoms with Gasteiger partial charge in [0.05, 0.1) is 19.0 Å². The Balaban J connectivity index is 1.13. The van der Waals surface area contributed by atoms with Gasteiger partial charge in [-0.05, 0) is 54.7 Å². The first-order valence-corrected chi connectivity index (χ1v) is 10.6. The number of nitrogens with one attached hydrogen (secondary N) is 1. The summed E-state index contributed by atoms with van der Waals surface area (Å²) in [6.07, 6.45) is 9.16. The van der Waals surface area contributed by atoms with Crippen molar-refractivity contribution in [2.24, 2.45) is 0 Å². The predicted molar refractivity (Wildman–Crippen MR) is 116 cm³/mol. The summed E-state index contributed by atoms with van der Waals surface area (Å²) in [5, 5.41) is 3.77. The normalized spacial score (nSPS) is 19.9. The molecule has 1 unspecified atom stereocenters. The minimum absolute atomic E-state index is 0.189. The van der Waals surface area contributed by atoms with E-state index in [9.17, 15) is 0 Å².